The molecule has 0 unspecified atom stereocenters. The van der Waals surface area contributed by atoms with Crippen molar-refractivity contribution in [3.63, 3.8) is 0 Å². The standard InChI is InChI=1S/C32H37ClN2O4/c1-38-29-11-4-24(5-12-29)26-8-15-31(27(20-26)22-36)39-30-13-6-25(7-14-30)32(37)35-18-16-34(17-19-35)21-23-2-9-28(33)10-3-23/h2-3,6-10,13-15,20,24,29,36H,4-5,11-12,16-19,21-22H2,1H3. The molecular weight excluding hydrogens is 512 g/mol. The first-order valence-corrected chi connectivity index (χ1v) is 14.2. The van der Waals surface area contributed by atoms with Gasteiger partial charge in [0.25, 0.3) is 5.91 Å². The van der Waals surface area contributed by atoms with Crippen LogP contribution < -0.4 is 4.74 Å². The maximum Gasteiger partial charge on any atom is 0.253 e. The molecule has 39 heavy (non-hydrogen) atoms. The van der Waals surface area contributed by atoms with Crippen molar-refractivity contribution >= 4 is 17.5 Å². The highest BCUT2D eigenvalue weighted by atomic mass is 35.5. The Labute approximate surface area is 236 Å². The van der Waals surface area contributed by atoms with Crippen LogP contribution in [0.2, 0.25) is 5.02 Å². The zero-order chi connectivity index (χ0) is 27.2. The van der Waals surface area contributed by atoms with Crippen molar-refractivity contribution in [2.24, 2.45) is 0 Å². The summed E-state index contributed by atoms with van der Waals surface area (Å²) in [6.07, 6.45) is 4.68. The SMILES string of the molecule is COC1CCC(c2ccc(Oc3ccc(C(=O)N4CCN(Cc5ccc(Cl)cc5)CC4)cc3)c(CO)c2)CC1. The lowest BCUT2D eigenvalue weighted by molar-refractivity contribution is 0.0628. The van der Waals surface area contributed by atoms with E-state index >= 15 is 0 Å². The summed E-state index contributed by atoms with van der Waals surface area (Å²) in [4.78, 5) is 17.4. The fourth-order valence-corrected chi connectivity index (χ4v) is 5.77. The van der Waals surface area contributed by atoms with E-state index in [0.717, 1.165) is 55.9 Å². The van der Waals surface area contributed by atoms with Gasteiger partial charge < -0.3 is 19.5 Å². The van der Waals surface area contributed by atoms with Crippen molar-refractivity contribution in [2.75, 3.05) is 33.3 Å². The van der Waals surface area contributed by atoms with Gasteiger partial charge in [0.2, 0.25) is 0 Å². The van der Waals surface area contributed by atoms with Crippen molar-refractivity contribution in [2.45, 2.75) is 50.9 Å². The van der Waals surface area contributed by atoms with Gasteiger partial charge in [-0.25, -0.2) is 0 Å². The number of halogens is 1. The molecule has 1 amide bonds. The van der Waals surface area contributed by atoms with Crippen LogP contribution in [0.25, 0.3) is 0 Å². The van der Waals surface area contributed by atoms with Crippen LogP contribution in [0.1, 0.15) is 58.6 Å². The number of aliphatic hydroxyl groups is 1. The van der Waals surface area contributed by atoms with E-state index in [1.54, 1.807) is 7.11 Å². The van der Waals surface area contributed by atoms with Crippen molar-refractivity contribution in [3.8, 4) is 11.5 Å². The Hall–Kier alpha value is -2.90. The van der Waals surface area contributed by atoms with E-state index in [1.807, 2.05) is 47.4 Å². The summed E-state index contributed by atoms with van der Waals surface area (Å²) in [6.45, 7) is 3.84. The van der Waals surface area contributed by atoms with Crippen LogP contribution in [0.15, 0.2) is 66.7 Å². The zero-order valence-electron chi connectivity index (χ0n) is 22.5. The number of methoxy groups -OCH3 is 1. The van der Waals surface area contributed by atoms with Gasteiger partial charge in [-0.3, -0.25) is 9.69 Å². The third-order valence-corrected chi connectivity index (χ3v) is 8.29. The fraction of sp³-hybridized carbons (Fsp3) is 0.406. The van der Waals surface area contributed by atoms with Crippen molar-refractivity contribution < 1.29 is 19.4 Å². The highest BCUT2D eigenvalue weighted by Gasteiger charge is 2.24. The second-order valence-corrected chi connectivity index (χ2v) is 11.0. The van der Waals surface area contributed by atoms with Crippen LogP contribution in [0.3, 0.4) is 0 Å². The number of benzene rings is 3. The molecule has 1 aliphatic heterocycles. The molecule has 1 heterocycles. The number of nitrogens with zero attached hydrogens (tertiary/aromatic N) is 2. The molecule has 3 aromatic rings. The Morgan fingerprint density at radius 1 is 0.923 bits per heavy atom. The number of hydrogen-bond acceptors (Lipinski definition) is 5. The van der Waals surface area contributed by atoms with Crippen LogP contribution in [0.5, 0.6) is 11.5 Å². The van der Waals surface area contributed by atoms with E-state index in [1.165, 1.54) is 11.1 Å². The average Bonchev–Trinajstić information content (AvgIpc) is 2.99. The largest absolute Gasteiger partial charge is 0.457 e. The van der Waals surface area contributed by atoms with E-state index in [4.69, 9.17) is 21.1 Å². The van der Waals surface area contributed by atoms with Gasteiger partial charge in [0.15, 0.2) is 0 Å². The molecule has 0 aromatic heterocycles. The third-order valence-electron chi connectivity index (χ3n) is 8.04. The van der Waals surface area contributed by atoms with Crippen molar-refractivity contribution in [1.29, 1.82) is 0 Å². The maximum absolute atomic E-state index is 13.1. The minimum absolute atomic E-state index is 0.0382. The molecule has 0 bridgehead atoms. The molecule has 0 atom stereocenters. The number of amides is 1. The quantitative estimate of drug-likeness (QED) is 0.360. The highest BCUT2D eigenvalue weighted by Crippen LogP contribution is 2.36. The molecule has 1 saturated carbocycles. The lowest BCUT2D eigenvalue weighted by atomic mass is 9.82. The third kappa shape index (κ3) is 7.00. The first-order valence-electron chi connectivity index (χ1n) is 13.8. The number of carbonyl (C=O) groups excluding carboxylic acids is 1. The minimum Gasteiger partial charge on any atom is -0.457 e. The minimum atomic E-state index is -0.0862. The number of rotatable bonds is 8. The number of aliphatic hydroxyl groups excluding tert-OH is 1. The molecule has 1 saturated heterocycles. The van der Waals surface area contributed by atoms with Crippen LogP contribution in [0.4, 0.5) is 0 Å². The molecule has 6 nitrogen and oxygen atoms in total. The average molecular weight is 549 g/mol. The zero-order valence-corrected chi connectivity index (χ0v) is 23.3. The molecular formula is C32H37ClN2O4. The number of hydrogen-bond donors (Lipinski definition) is 1. The molecule has 206 valence electrons. The predicted molar refractivity (Wildman–Crippen MR) is 154 cm³/mol. The summed E-state index contributed by atoms with van der Waals surface area (Å²) in [5.74, 6) is 1.81. The van der Waals surface area contributed by atoms with E-state index in [0.29, 0.717) is 42.2 Å². The molecule has 0 spiro atoms. The molecule has 1 N–H and O–H groups in total. The highest BCUT2D eigenvalue weighted by molar-refractivity contribution is 6.30. The Balaban J connectivity index is 1.15. The van der Waals surface area contributed by atoms with E-state index in [9.17, 15) is 9.90 Å². The lowest BCUT2D eigenvalue weighted by Crippen LogP contribution is -2.48. The molecule has 5 rings (SSSR count). The van der Waals surface area contributed by atoms with Crippen LogP contribution in [0, 0.1) is 0 Å². The first-order chi connectivity index (χ1) is 19.0. The molecule has 3 aromatic carbocycles. The summed E-state index contributed by atoms with van der Waals surface area (Å²) < 4.78 is 11.6. The van der Waals surface area contributed by atoms with Gasteiger partial charge in [0.05, 0.1) is 12.7 Å². The molecule has 7 heteroatoms. The summed E-state index contributed by atoms with van der Waals surface area (Å²) in [5, 5.41) is 10.8. The lowest BCUT2D eigenvalue weighted by Gasteiger charge is -2.34. The first kappa shape index (κ1) is 27.7. The van der Waals surface area contributed by atoms with Gasteiger partial charge in [-0.1, -0.05) is 29.8 Å². The molecule has 2 aliphatic rings. The Morgan fingerprint density at radius 3 is 2.26 bits per heavy atom. The normalized spacial score (nSPS) is 20.1. The van der Waals surface area contributed by atoms with E-state index in [-0.39, 0.29) is 12.5 Å². The number of carbonyl (C=O) groups is 1. The van der Waals surface area contributed by atoms with Crippen LogP contribution in [-0.4, -0.2) is 60.2 Å². The molecule has 0 radical (unpaired) electrons. The van der Waals surface area contributed by atoms with Gasteiger partial charge in [0.1, 0.15) is 11.5 Å². The van der Waals surface area contributed by atoms with Crippen LogP contribution in [-0.2, 0) is 17.9 Å². The van der Waals surface area contributed by atoms with Gasteiger partial charge in [-0.2, -0.15) is 0 Å². The summed E-state index contributed by atoms with van der Waals surface area (Å²) >= 11 is 5.99. The van der Waals surface area contributed by atoms with E-state index < -0.39 is 0 Å². The maximum atomic E-state index is 13.1. The van der Waals surface area contributed by atoms with Gasteiger partial charge >= 0.3 is 0 Å². The number of piperazine rings is 1. The van der Waals surface area contributed by atoms with Gasteiger partial charge in [-0.15, -0.1) is 0 Å². The Morgan fingerprint density at radius 2 is 1.62 bits per heavy atom. The van der Waals surface area contributed by atoms with Gasteiger partial charge in [0, 0.05) is 56.0 Å². The summed E-state index contributed by atoms with van der Waals surface area (Å²) in [5.41, 5.74) is 3.90. The topological polar surface area (TPSA) is 62.2 Å². The van der Waals surface area contributed by atoms with Crippen molar-refractivity contribution in [1.82, 2.24) is 9.80 Å². The Kier molecular flexibility index (Phi) is 9.20. The summed E-state index contributed by atoms with van der Waals surface area (Å²) in [7, 11) is 1.79. The number of ether oxygens (including phenoxy) is 2. The molecule has 2 fully saturated rings. The second kappa shape index (κ2) is 13.0. The smallest absolute Gasteiger partial charge is 0.253 e. The predicted octanol–water partition coefficient (Wildman–Crippen LogP) is 6.26. The fourth-order valence-electron chi connectivity index (χ4n) is 5.64. The van der Waals surface area contributed by atoms with E-state index in [2.05, 4.69) is 29.2 Å². The van der Waals surface area contributed by atoms with Gasteiger partial charge in [-0.05, 0) is 91.3 Å². The second-order valence-electron chi connectivity index (χ2n) is 10.6. The van der Waals surface area contributed by atoms with Crippen LogP contribution >= 0.6 is 11.6 Å². The Bertz CT molecular complexity index is 1230. The monoisotopic (exact) mass is 548 g/mol. The van der Waals surface area contributed by atoms with Crippen molar-refractivity contribution in [3.05, 3.63) is 94.0 Å². The summed E-state index contributed by atoms with van der Waals surface area (Å²) in [6, 6.07) is 21.3. The molecule has 1 aliphatic carbocycles.